The van der Waals surface area contributed by atoms with Gasteiger partial charge < -0.3 is 22.1 Å². The molecule has 0 spiro atoms. The van der Waals surface area contributed by atoms with Crippen molar-refractivity contribution >= 4 is 18.4 Å². The molecule has 86 valence electrons. The first-order valence-corrected chi connectivity index (χ1v) is 5.00. The van der Waals surface area contributed by atoms with E-state index >= 15 is 0 Å². The van der Waals surface area contributed by atoms with Gasteiger partial charge >= 0.3 is 0 Å². The lowest BCUT2D eigenvalue weighted by Gasteiger charge is -2.27. The Balaban J connectivity index is 0.00000112. The van der Waals surface area contributed by atoms with E-state index in [1.807, 2.05) is 6.08 Å². The van der Waals surface area contributed by atoms with E-state index < -0.39 is 5.66 Å². The Kier molecular flexibility index (Phi) is 3.96. The van der Waals surface area contributed by atoms with Crippen molar-refractivity contribution in [1.29, 1.82) is 0 Å². The Morgan fingerprint density at radius 3 is 3.00 bits per heavy atom. The molecule has 6 N–H and O–H groups in total. The van der Waals surface area contributed by atoms with Crippen molar-refractivity contribution in [3.8, 4) is 0 Å². The zero-order chi connectivity index (χ0) is 10.0. The Labute approximate surface area is 95.8 Å². The Morgan fingerprint density at radius 2 is 2.40 bits per heavy atom. The molecule has 2 atom stereocenters. The fourth-order valence-corrected chi connectivity index (χ4v) is 2.00. The molecule has 2 aliphatic rings. The van der Waals surface area contributed by atoms with E-state index in [2.05, 4.69) is 15.6 Å². The van der Waals surface area contributed by atoms with Gasteiger partial charge in [0.1, 0.15) is 5.66 Å². The summed E-state index contributed by atoms with van der Waals surface area (Å²) in [6.07, 6.45) is 6.84. The molecule has 5 nitrogen and oxygen atoms in total. The summed E-state index contributed by atoms with van der Waals surface area (Å²) in [7, 11) is 0. The molecule has 2 rings (SSSR count). The maximum atomic E-state index is 6.10. The van der Waals surface area contributed by atoms with Crippen molar-refractivity contribution in [1.82, 2.24) is 10.6 Å². The molecule has 0 aromatic rings. The van der Waals surface area contributed by atoms with E-state index in [9.17, 15) is 0 Å². The minimum atomic E-state index is -0.628. The van der Waals surface area contributed by atoms with Crippen molar-refractivity contribution in [3.63, 3.8) is 0 Å². The van der Waals surface area contributed by atoms with Crippen LogP contribution in [0.2, 0.25) is 0 Å². The summed E-state index contributed by atoms with van der Waals surface area (Å²) in [6.45, 7) is 1.09. The molecule has 0 saturated carbocycles. The highest BCUT2D eigenvalue weighted by atomic mass is 35.5. The zero-order valence-corrected chi connectivity index (χ0v) is 9.39. The molecule has 2 aliphatic heterocycles. The van der Waals surface area contributed by atoms with Crippen LogP contribution in [0.5, 0.6) is 0 Å². The molecule has 15 heavy (non-hydrogen) atoms. The number of aliphatic imine (C=N–C) groups is 1. The number of nitrogens with two attached hydrogens (primary N) is 2. The quantitative estimate of drug-likeness (QED) is 0.523. The van der Waals surface area contributed by atoms with Crippen LogP contribution in [0, 0.1) is 0 Å². The summed E-state index contributed by atoms with van der Waals surface area (Å²) >= 11 is 0. The minimum absolute atomic E-state index is 0. The molecule has 0 aromatic heterocycles. The number of rotatable bonds is 2. The van der Waals surface area contributed by atoms with Crippen molar-refractivity contribution < 1.29 is 0 Å². The van der Waals surface area contributed by atoms with Crippen LogP contribution < -0.4 is 22.1 Å². The SMILES string of the molecule is Cl.NC1=NC(N)(CC2CCCN2)C=CN1. The first-order chi connectivity index (χ1) is 6.68. The van der Waals surface area contributed by atoms with Gasteiger partial charge in [-0.3, -0.25) is 0 Å². The lowest BCUT2D eigenvalue weighted by molar-refractivity contribution is 0.418. The molecule has 0 amide bonds. The van der Waals surface area contributed by atoms with Crippen molar-refractivity contribution in [2.45, 2.75) is 31.0 Å². The van der Waals surface area contributed by atoms with Gasteiger partial charge in [0.25, 0.3) is 0 Å². The summed E-state index contributed by atoms with van der Waals surface area (Å²) in [6, 6.07) is 0.472. The molecule has 0 aliphatic carbocycles. The van der Waals surface area contributed by atoms with E-state index in [-0.39, 0.29) is 12.4 Å². The number of guanidine groups is 1. The van der Waals surface area contributed by atoms with Gasteiger partial charge in [-0.05, 0) is 25.5 Å². The average molecular weight is 232 g/mol. The molecular weight excluding hydrogens is 214 g/mol. The standard InChI is InChI=1S/C9H17N5.ClH/c10-8-13-5-3-9(11,14-8)6-7-2-1-4-12-7;/h3,5,7,12H,1-2,4,6,11H2,(H3,10,13,14);1H. The van der Waals surface area contributed by atoms with E-state index in [0.29, 0.717) is 12.0 Å². The summed E-state index contributed by atoms with van der Waals surface area (Å²) in [4.78, 5) is 4.21. The van der Waals surface area contributed by atoms with Gasteiger partial charge in [0.15, 0.2) is 5.96 Å². The van der Waals surface area contributed by atoms with Crippen molar-refractivity contribution in [3.05, 3.63) is 12.3 Å². The first kappa shape index (κ1) is 12.3. The molecule has 0 aromatic carbocycles. The van der Waals surface area contributed by atoms with E-state index in [1.165, 1.54) is 12.8 Å². The predicted octanol–water partition coefficient (Wildman–Crippen LogP) is -0.363. The molecular formula is C9H18ClN5. The van der Waals surface area contributed by atoms with Gasteiger partial charge in [0, 0.05) is 18.7 Å². The monoisotopic (exact) mass is 231 g/mol. The van der Waals surface area contributed by atoms with E-state index in [4.69, 9.17) is 11.5 Å². The summed E-state index contributed by atoms with van der Waals surface area (Å²) in [5, 5.41) is 6.21. The largest absolute Gasteiger partial charge is 0.370 e. The molecule has 2 heterocycles. The Morgan fingerprint density at radius 1 is 1.60 bits per heavy atom. The van der Waals surface area contributed by atoms with E-state index in [0.717, 1.165) is 13.0 Å². The van der Waals surface area contributed by atoms with Crippen molar-refractivity contribution in [2.75, 3.05) is 6.54 Å². The first-order valence-electron chi connectivity index (χ1n) is 5.00. The number of nitrogens with one attached hydrogen (secondary N) is 2. The van der Waals surface area contributed by atoms with Gasteiger partial charge in [-0.15, -0.1) is 12.4 Å². The van der Waals surface area contributed by atoms with Crippen LogP contribution in [0.15, 0.2) is 17.3 Å². The van der Waals surface area contributed by atoms with Crippen LogP contribution in [0.25, 0.3) is 0 Å². The molecule has 1 fully saturated rings. The third kappa shape index (κ3) is 3.09. The van der Waals surface area contributed by atoms with Gasteiger partial charge in [-0.1, -0.05) is 0 Å². The fraction of sp³-hybridized carbons (Fsp3) is 0.667. The Hall–Kier alpha value is -0.780. The predicted molar refractivity (Wildman–Crippen MR) is 63.7 cm³/mol. The molecule has 6 heteroatoms. The van der Waals surface area contributed by atoms with Crippen LogP contribution in [0.4, 0.5) is 0 Å². The maximum absolute atomic E-state index is 6.10. The Bertz CT molecular complexity index is 272. The zero-order valence-electron chi connectivity index (χ0n) is 8.57. The normalized spacial score (nSPS) is 34.2. The molecule has 0 radical (unpaired) electrons. The number of hydrogen-bond acceptors (Lipinski definition) is 5. The average Bonchev–Trinajstić information content (AvgIpc) is 2.55. The number of halogens is 1. The van der Waals surface area contributed by atoms with Crippen LogP contribution in [-0.2, 0) is 0 Å². The number of hydrogen-bond donors (Lipinski definition) is 4. The lowest BCUT2D eigenvalue weighted by atomic mass is 10.00. The highest BCUT2D eigenvalue weighted by molar-refractivity contribution is 5.85. The maximum Gasteiger partial charge on any atom is 0.194 e. The van der Waals surface area contributed by atoms with E-state index in [1.54, 1.807) is 6.20 Å². The van der Waals surface area contributed by atoms with Crippen LogP contribution in [0.3, 0.4) is 0 Å². The summed E-state index contributed by atoms with van der Waals surface area (Å²) in [5.41, 5.74) is 11.0. The second-order valence-electron chi connectivity index (χ2n) is 3.96. The van der Waals surface area contributed by atoms with Gasteiger partial charge in [-0.25, -0.2) is 4.99 Å². The summed E-state index contributed by atoms with van der Waals surface area (Å²) < 4.78 is 0. The minimum Gasteiger partial charge on any atom is -0.370 e. The molecule has 0 bridgehead atoms. The molecule has 2 unspecified atom stereocenters. The van der Waals surface area contributed by atoms with Gasteiger partial charge in [0.05, 0.1) is 0 Å². The molecule has 1 saturated heterocycles. The van der Waals surface area contributed by atoms with Crippen LogP contribution in [0.1, 0.15) is 19.3 Å². The third-order valence-corrected chi connectivity index (χ3v) is 2.67. The van der Waals surface area contributed by atoms with Crippen molar-refractivity contribution in [2.24, 2.45) is 16.5 Å². The summed E-state index contributed by atoms with van der Waals surface area (Å²) in [5.74, 6) is 0.396. The fourth-order valence-electron chi connectivity index (χ4n) is 2.00. The van der Waals surface area contributed by atoms with Crippen LogP contribution >= 0.6 is 12.4 Å². The highest BCUT2D eigenvalue weighted by Crippen LogP contribution is 2.20. The lowest BCUT2D eigenvalue weighted by Crippen LogP contribution is -2.47. The van der Waals surface area contributed by atoms with Gasteiger partial charge in [0.2, 0.25) is 0 Å². The second-order valence-corrected chi connectivity index (χ2v) is 3.96. The van der Waals surface area contributed by atoms with Gasteiger partial charge in [-0.2, -0.15) is 0 Å². The highest BCUT2D eigenvalue weighted by Gasteiger charge is 2.29. The number of nitrogens with zero attached hydrogens (tertiary/aromatic N) is 1. The smallest absolute Gasteiger partial charge is 0.194 e. The third-order valence-electron chi connectivity index (χ3n) is 2.67. The second kappa shape index (κ2) is 4.83. The topological polar surface area (TPSA) is 88.5 Å². The van der Waals surface area contributed by atoms with Crippen LogP contribution in [-0.4, -0.2) is 24.2 Å².